The van der Waals surface area contributed by atoms with E-state index in [1.807, 2.05) is 6.92 Å². The van der Waals surface area contributed by atoms with Crippen LogP contribution in [0.15, 0.2) is 23.2 Å². The van der Waals surface area contributed by atoms with Gasteiger partial charge in [-0.15, -0.1) is 34.2 Å². The molecule has 0 saturated carbocycles. The van der Waals surface area contributed by atoms with Crippen LogP contribution in [0, 0.1) is 5.82 Å². The largest absolute Gasteiger partial charge is 0.357 e. The van der Waals surface area contributed by atoms with Crippen molar-refractivity contribution in [3.8, 4) is 0 Å². The van der Waals surface area contributed by atoms with Gasteiger partial charge in [-0.25, -0.2) is 9.38 Å². The van der Waals surface area contributed by atoms with E-state index in [-0.39, 0.29) is 35.2 Å². The number of aromatic nitrogens is 3. The number of nitrogens with zero attached hydrogens (tertiary/aromatic N) is 4. The highest BCUT2D eigenvalue weighted by Gasteiger charge is 2.24. The van der Waals surface area contributed by atoms with Gasteiger partial charge in [0.25, 0.3) is 0 Å². The van der Waals surface area contributed by atoms with E-state index < -0.39 is 0 Å². The molecule has 0 amide bonds. The average Bonchev–Trinajstić information content (AvgIpc) is 2.90. The van der Waals surface area contributed by atoms with Crippen molar-refractivity contribution in [2.75, 3.05) is 13.1 Å². The zero-order chi connectivity index (χ0) is 20.9. The second-order valence-corrected chi connectivity index (χ2v) is 8.46. The molecule has 0 fully saturated rings. The summed E-state index contributed by atoms with van der Waals surface area (Å²) in [4.78, 5) is 4.71. The molecular weight excluding hydrogens is 518 g/mol. The highest BCUT2D eigenvalue weighted by molar-refractivity contribution is 14.0. The number of fused-ring (bicyclic) bond motifs is 1. The van der Waals surface area contributed by atoms with Gasteiger partial charge in [0.05, 0.1) is 0 Å². The predicted molar refractivity (Wildman–Crippen MR) is 130 cm³/mol. The number of hydrogen-bond donors (Lipinski definition) is 2. The topological polar surface area (TPSA) is 67.1 Å². The van der Waals surface area contributed by atoms with Gasteiger partial charge < -0.3 is 15.2 Å². The molecule has 6 nitrogen and oxygen atoms in total. The molecule has 9 heteroatoms. The Bertz CT molecular complexity index is 867. The van der Waals surface area contributed by atoms with Crippen LogP contribution in [0.25, 0.3) is 0 Å². The maximum absolute atomic E-state index is 13.4. The SMILES string of the molecule is CCNC(=NCc1nnc2n1CCCCC2)NCC(C)(C)c1ccc(F)cc1Cl.I. The average molecular weight is 549 g/mol. The number of nitrogens with one attached hydrogen (secondary N) is 2. The molecular formula is C21H31ClFIN6. The minimum Gasteiger partial charge on any atom is -0.357 e. The van der Waals surface area contributed by atoms with Gasteiger partial charge in [-0.2, -0.15) is 0 Å². The number of benzene rings is 1. The Morgan fingerprint density at radius 2 is 2.03 bits per heavy atom. The number of aryl methyl sites for hydroxylation is 1. The molecule has 1 aromatic heterocycles. The zero-order valence-electron chi connectivity index (χ0n) is 17.8. The summed E-state index contributed by atoms with van der Waals surface area (Å²) in [6.45, 7) is 8.96. The highest BCUT2D eigenvalue weighted by Crippen LogP contribution is 2.29. The summed E-state index contributed by atoms with van der Waals surface area (Å²) in [6, 6.07) is 4.54. The van der Waals surface area contributed by atoms with E-state index in [4.69, 9.17) is 16.6 Å². The summed E-state index contributed by atoms with van der Waals surface area (Å²) in [5.41, 5.74) is 0.596. The fourth-order valence-corrected chi connectivity index (χ4v) is 4.02. The Labute approximate surface area is 200 Å². The molecule has 1 aliphatic heterocycles. The Kier molecular flexibility index (Phi) is 9.33. The molecule has 0 bridgehead atoms. The van der Waals surface area contributed by atoms with Crippen LogP contribution in [0.3, 0.4) is 0 Å². The highest BCUT2D eigenvalue weighted by atomic mass is 127. The zero-order valence-corrected chi connectivity index (χ0v) is 20.9. The Morgan fingerprint density at radius 3 is 2.77 bits per heavy atom. The van der Waals surface area contributed by atoms with E-state index in [1.54, 1.807) is 6.07 Å². The fraction of sp³-hybridized carbons (Fsp3) is 0.571. The minimum absolute atomic E-state index is 0. The first-order valence-electron chi connectivity index (χ1n) is 10.3. The predicted octanol–water partition coefficient (Wildman–Crippen LogP) is 4.45. The lowest BCUT2D eigenvalue weighted by molar-refractivity contribution is 0.506. The van der Waals surface area contributed by atoms with E-state index in [0.717, 1.165) is 43.1 Å². The second kappa shape index (κ2) is 11.3. The normalized spacial score (nSPS) is 14.5. The molecule has 1 aromatic carbocycles. The summed E-state index contributed by atoms with van der Waals surface area (Å²) in [7, 11) is 0. The summed E-state index contributed by atoms with van der Waals surface area (Å²) >= 11 is 6.27. The van der Waals surface area contributed by atoms with Crippen LogP contribution in [0.1, 0.15) is 57.2 Å². The van der Waals surface area contributed by atoms with Crippen LogP contribution in [0.5, 0.6) is 0 Å². The van der Waals surface area contributed by atoms with Crippen molar-refractivity contribution in [3.63, 3.8) is 0 Å². The lowest BCUT2D eigenvalue weighted by atomic mass is 9.84. The number of rotatable bonds is 6. The first-order valence-corrected chi connectivity index (χ1v) is 10.7. The van der Waals surface area contributed by atoms with Crippen LogP contribution in [0.2, 0.25) is 5.02 Å². The molecule has 0 saturated heterocycles. The van der Waals surface area contributed by atoms with Crippen LogP contribution >= 0.6 is 35.6 Å². The van der Waals surface area contributed by atoms with Gasteiger partial charge in [-0.05, 0) is 37.5 Å². The molecule has 3 rings (SSSR count). The van der Waals surface area contributed by atoms with Gasteiger partial charge in [-0.1, -0.05) is 37.9 Å². The van der Waals surface area contributed by atoms with Crippen molar-refractivity contribution >= 4 is 41.5 Å². The van der Waals surface area contributed by atoms with Crippen molar-refractivity contribution in [3.05, 3.63) is 46.3 Å². The van der Waals surface area contributed by atoms with Crippen LogP contribution in [-0.2, 0) is 24.9 Å². The van der Waals surface area contributed by atoms with Gasteiger partial charge >= 0.3 is 0 Å². The molecule has 2 N–H and O–H groups in total. The van der Waals surface area contributed by atoms with Crippen molar-refractivity contribution in [1.82, 2.24) is 25.4 Å². The van der Waals surface area contributed by atoms with E-state index in [9.17, 15) is 4.39 Å². The molecule has 0 spiro atoms. The van der Waals surface area contributed by atoms with Gasteiger partial charge in [0, 0.05) is 36.5 Å². The van der Waals surface area contributed by atoms with E-state index in [0.29, 0.717) is 24.1 Å². The maximum atomic E-state index is 13.4. The molecule has 30 heavy (non-hydrogen) atoms. The lowest BCUT2D eigenvalue weighted by Crippen LogP contribution is -2.43. The quantitative estimate of drug-likeness (QED) is 0.318. The number of guanidine groups is 1. The second-order valence-electron chi connectivity index (χ2n) is 8.05. The molecule has 0 atom stereocenters. The molecule has 166 valence electrons. The van der Waals surface area contributed by atoms with E-state index in [1.165, 1.54) is 25.0 Å². The number of halogens is 3. The van der Waals surface area contributed by atoms with Gasteiger partial charge in [-0.3, -0.25) is 0 Å². The summed E-state index contributed by atoms with van der Waals surface area (Å²) in [6.07, 6.45) is 4.55. The minimum atomic E-state index is -0.329. The van der Waals surface area contributed by atoms with E-state index >= 15 is 0 Å². The number of aliphatic imine (C=N–C) groups is 1. The smallest absolute Gasteiger partial charge is 0.191 e. The first-order chi connectivity index (χ1) is 13.9. The third-order valence-electron chi connectivity index (χ3n) is 5.27. The Morgan fingerprint density at radius 1 is 1.23 bits per heavy atom. The van der Waals surface area contributed by atoms with Crippen molar-refractivity contribution in [2.45, 2.75) is 65.0 Å². The lowest BCUT2D eigenvalue weighted by Gasteiger charge is -2.27. The van der Waals surface area contributed by atoms with Crippen molar-refractivity contribution < 1.29 is 4.39 Å². The summed E-state index contributed by atoms with van der Waals surface area (Å²) < 4.78 is 15.6. The molecule has 2 heterocycles. The third-order valence-corrected chi connectivity index (χ3v) is 5.58. The maximum Gasteiger partial charge on any atom is 0.191 e. The third kappa shape index (κ3) is 6.29. The summed E-state index contributed by atoms with van der Waals surface area (Å²) in [5, 5.41) is 15.8. The van der Waals surface area contributed by atoms with E-state index in [2.05, 4.69) is 39.2 Å². The van der Waals surface area contributed by atoms with Crippen molar-refractivity contribution in [2.24, 2.45) is 4.99 Å². The molecule has 0 radical (unpaired) electrons. The van der Waals surface area contributed by atoms with Crippen LogP contribution in [-0.4, -0.2) is 33.8 Å². The Balaban J connectivity index is 0.00000320. The number of hydrogen-bond acceptors (Lipinski definition) is 3. The Hall–Kier alpha value is -1.42. The van der Waals surface area contributed by atoms with Gasteiger partial charge in [0.15, 0.2) is 11.8 Å². The molecule has 2 aromatic rings. The van der Waals surface area contributed by atoms with Gasteiger partial charge in [0.2, 0.25) is 0 Å². The molecule has 0 unspecified atom stereocenters. The van der Waals surface area contributed by atoms with Crippen molar-refractivity contribution in [1.29, 1.82) is 0 Å². The monoisotopic (exact) mass is 548 g/mol. The fourth-order valence-electron chi connectivity index (χ4n) is 3.59. The first kappa shape index (κ1) is 24.8. The van der Waals surface area contributed by atoms with Gasteiger partial charge in [0.1, 0.15) is 18.2 Å². The van der Waals surface area contributed by atoms with Crippen LogP contribution in [0.4, 0.5) is 4.39 Å². The standard InChI is InChI=1S/C21H30ClFN6.HI/c1-4-24-20(25-13-19-28-27-18-8-6-5-7-11-29(18)19)26-14-21(2,3)16-10-9-15(23)12-17(16)22;/h9-10,12H,4-8,11,13-14H2,1-3H3,(H2,24,25,26);1H. The molecule has 1 aliphatic rings. The van der Waals surface area contributed by atoms with Crippen LogP contribution < -0.4 is 10.6 Å². The molecule has 0 aliphatic carbocycles. The summed E-state index contributed by atoms with van der Waals surface area (Å²) in [5.74, 6) is 2.35.